The molecule has 8 nitrogen and oxygen atoms in total. The summed E-state index contributed by atoms with van der Waals surface area (Å²) >= 11 is 0. The molecule has 8 heteroatoms. The van der Waals surface area contributed by atoms with E-state index in [1.807, 2.05) is 18.2 Å². The average Bonchev–Trinajstić information content (AvgIpc) is 2.90. The van der Waals surface area contributed by atoms with Gasteiger partial charge < -0.3 is 34.5 Å². The molecule has 4 rings (SSSR count). The third kappa shape index (κ3) is 7.55. The van der Waals surface area contributed by atoms with Crippen LogP contribution in [-0.4, -0.2) is 49.1 Å². The van der Waals surface area contributed by atoms with E-state index >= 15 is 0 Å². The summed E-state index contributed by atoms with van der Waals surface area (Å²) in [5.41, 5.74) is 5.76. The zero-order chi connectivity index (χ0) is 26.9. The van der Waals surface area contributed by atoms with Crippen LogP contribution in [-0.2, 0) is 29.2 Å². The molecular weight excluding hydrogens is 486 g/mol. The number of fused-ring (bicyclic) bond motifs is 1. The number of aliphatic hydroxyl groups is 2. The molecule has 0 saturated heterocycles. The van der Waals surface area contributed by atoms with Crippen LogP contribution in [0.15, 0.2) is 54.6 Å². The van der Waals surface area contributed by atoms with Gasteiger partial charge in [0.05, 0.1) is 25.9 Å². The third-order valence-electron chi connectivity index (χ3n) is 6.32. The van der Waals surface area contributed by atoms with Crippen LogP contribution < -0.4 is 19.5 Å². The second-order valence-corrected chi connectivity index (χ2v) is 9.55. The van der Waals surface area contributed by atoms with E-state index in [1.165, 1.54) is 11.1 Å². The van der Waals surface area contributed by atoms with Crippen molar-refractivity contribution in [2.24, 2.45) is 0 Å². The Kier molecular flexibility index (Phi) is 9.73. The van der Waals surface area contributed by atoms with E-state index < -0.39 is 6.10 Å². The van der Waals surface area contributed by atoms with Crippen LogP contribution in [0.5, 0.6) is 17.2 Å². The number of benzene rings is 3. The van der Waals surface area contributed by atoms with Gasteiger partial charge in [-0.1, -0.05) is 41.5 Å². The number of ether oxygens (including phenoxy) is 4. The lowest BCUT2D eigenvalue weighted by atomic mass is 10.0. The Morgan fingerprint density at radius 2 is 1.87 bits per heavy atom. The van der Waals surface area contributed by atoms with Crippen molar-refractivity contribution in [3.63, 3.8) is 0 Å². The highest BCUT2D eigenvalue weighted by molar-refractivity contribution is 5.49. The SMILES string of the molecule is Cc1cc(C)cc(COC[C@@H]2COc3ccc(CCNC[C@H](O)c4ccc(OC=O)c(CO)c4)cc3O2)c1. The van der Waals surface area contributed by atoms with Crippen LogP contribution in [0, 0.1) is 13.8 Å². The molecule has 2 atom stereocenters. The molecule has 0 fully saturated rings. The molecule has 0 unspecified atom stereocenters. The van der Waals surface area contributed by atoms with Gasteiger partial charge in [0.2, 0.25) is 0 Å². The molecule has 0 radical (unpaired) electrons. The monoisotopic (exact) mass is 521 g/mol. The summed E-state index contributed by atoms with van der Waals surface area (Å²) in [7, 11) is 0. The molecule has 0 bridgehead atoms. The molecule has 1 heterocycles. The zero-order valence-corrected chi connectivity index (χ0v) is 21.8. The largest absolute Gasteiger partial charge is 0.486 e. The Balaban J connectivity index is 1.23. The molecular formula is C30H35NO7. The Labute approximate surface area is 223 Å². The summed E-state index contributed by atoms with van der Waals surface area (Å²) in [5.74, 6) is 1.72. The molecule has 3 N–H and O–H groups in total. The first kappa shape index (κ1) is 27.6. The highest BCUT2D eigenvalue weighted by Crippen LogP contribution is 2.33. The quantitative estimate of drug-likeness (QED) is 0.232. The fraction of sp³-hybridized carbons (Fsp3) is 0.367. The predicted molar refractivity (Wildman–Crippen MR) is 143 cm³/mol. The van der Waals surface area contributed by atoms with Gasteiger partial charge in [-0.25, -0.2) is 0 Å². The van der Waals surface area contributed by atoms with Crippen molar-refractivity contribution in [2.45, 2.75) is 45.7 Å². The van der Waals surface area contributed by atoms with Crippen molar-refractivity contribution in [1.82, 2.24) is 5.32 Å². The molecule has 38 heavy (non-hydrogen) atoms. The van der Waals surface area contributed by atoms with Crippen LogP contribution in [0.25, 0.3) is 0 Å². The first-order valence-corrected chi connectivity index (χ1v) is 12.7. The maximum Gasteiger partial charge on any atom is 0.298 e. The maximum absolute atomic E-state index is 10.6. The van der Waals surface area contributed by atoms with E-state index in [2.05, 4.69) is 37.4 Å². The second-order valence-electron chi connectivity index (χ2n) is 9.55. The Morgan fingerprint density at radius 1 is 1.05 bits per heavy atom. The van der Waals surface area contributed by atoms with Crippen molar-refractivity contribution in [3.8, 4) is 17.2 Å². The highest BCUT2D eigenvalue weighted by atomic mass is 16.6. The van der Waals surface area contributed by atoms with Crippen molar-refractivity contribution in [2.75, 3.05) is 26.3 Å². The van der Waals surface area contributed by atoms with Crippen LogP contribution in [0.2, 0.25) is 0 Å². The molecule has 1 aliphatic heterocycles. The number of hydrogen-bond donors (Lipinski definition) is 3. The summed E-state index contributed by atoms with van der Waals surface area (Å²) in [6, 6.07) is 17.2. The lowest BCUT2D eigenvalue weighted by molar-refractivity contribution is -0.120. The fourth-order valence-electron chi connectivity index (χ4n) is 4.54. The number of aryl methyl sites for hydroxylation is 2. The van der Waals surface area contributed by atoms with Gasteiger partial charge in [-0.15, -0.1) is 0 Å². The van der Waals surface area contributed by atoms with Gasteiger partial charge in [0.1, 0.15) is 12.4 Å². The van der Waals surface area contributed by atoms with Crippen molar-refractivity contribution >= 4 is 6.47 Å². The van der Waals surface area contributed by atoms with Gasteiger partial charge in [-0.2, -0.15) is 0 Å². The van der Waals surface area contributed by atoms with E-state index in [1.54, 1.807) is 18.2 Å². The van der Waals surface area contributed by atoms with Crippen LogP contribution in [0.3, 0.4) is 0 Å². The van der Waals surface area contributed by atoms with Crippen molar-refractivity contribution in [1.29, 1.82) is 0 Å². The van der Waals surface area contributed by atoms with Crippen LogP contribution in [0.4, 0.5) is 0 Å². The number of hydrogen-bond acceptors (Lipinski definition) is 8. The molecule has 3 aromatic rings. The van der Waals surface area contributed by atoms with E-state index in [-0.39, 0.29) is 18.5 Å². The van der Waals surface area contributed by atoms with Crippen molar-refractivity contribution < 1.29 is 34.0 Å². The smallest absolute Gasteiger partial charge is 0.298 e. The summed E-state index contributed by atoms with van der Waals surface area (Å²) in [4.78, 5) is 10.6. The Morgan fingerprint density at radius 3 is 2.63 bits per heavy atom. The van der Waals surface area contributed by atoms with Gasteiger partial charge in [0.15, 0.2) is 17.6 Å². The molecule has 0 saturated carbocycles. The Bertz CT molecular complexity index is 1210. The zero-order valence-electron chi connectivity index (χ0n) is 21.8. The van der Waals surface area contributed by atoms with E-state index in [0.29, 0.717) is 56.3 Å². The lowest BCUT2D eigenvalue weighted by Gasteiger charge is -2.27. The summed E-state index contributed by atoms with van der Waals surface area (Å²) in [6.07, 6.45) is -0.204. The fourth-order valence-corrected chi connectivity index (χ4v) is 4.54. The average molecular weight is 522 g/mol. The summed E-state index contributed by atoms with van der Waals surface area (Å²) in [6.45, 7) is 6.59. The van der Waals surface area contributed by atoms with E-state index in [4.69, 9.17) is 18.9 Å². The number of aliphatic hydroxyl groups excluding tert-OH is 2. The number of carbonyl (C=O) groups is 1. The first-order chi connectivity index (χ1) is 18.4. The van der Waals surface area contributed by atoms with Gasteiger partial charge in [0, 0.05) is 12.1 Å². The number of rotatable bonds is 13. The topological polar surface area (TPSA) is 106 Å². The summed E-state index contributed by atoms with van der Waals surface area (Å²) < 4.78 is 22.8. The van der Waals surface area contributed by atoms with Gasteiger partial charge in [-0.05, 0) is 67.8 Å². The van der Waals surface area contributed by atoms with Crippen LogP contribution >= 0.6 is 0 Å². The molecule has 0 amide bonds. The number of carbonyl (C=O) groups excluding carboxylic acids is 1. The molecule has 3 aromatic carbocycles. The van der Waals surface area contributed by atoms with Crippen molar-refractivity contribution in [3.05, 3.63) is 88.0 Å². The molecule has 202 valence electrons. The minimum atomic E-state index is -0.768. The third-order valence-corrected chi connectivity index (χ3v) is 6.32. The highest BCUT2D eigenvalue weighted by Gasteiger charge is 2.21. The van der Waals surface area contributed by atoms with Gasteiger partial charge >= 0.3 is 0 Å². The second kappa shape index (κ2) is 13.4. The molecule has 0 aliphatic carbocycles. The summed E-state index contributed by atoms with van der Waals surface area (Å²) in [5, 5.41) is 23.3. The van der Waals surface area contributed by atoms with Gasteiger partial charge in [0.25, 0.3) is 6.47 Å². The normalized spacial score (nSPS) is 15.2. The number of nitrogens with one attached hydrogen (secondary N) is 1. The standard InChI is InChI=1S/C30H35NO7/c1-20-9-21(2)11-23(10-20)16-35-17-26-18-36-29-5-3-22(12-30(29)38-26)7-8-31-14-27(34)24-4-6-28(37-19-33)25(13-24)15-32/h3-6,9-13,19,26-27,31-32,34H,7-8,14-18H2,1-2H3/t26-,27+/m1/s1. The first-order valence-electron chi connectivity index (χ1n) is 12.7. The molecule has 1 aliphatic rings. The van der Waals surface area contributed by atoms with E-state index in [0.717, 1.165) is 23.3 Å². The van der Waals surface area contributed by atoms with E-state index in [9.17, 15) is 15.0 Å². The molecule has 0 spiro atoms. The molecule has 0 aromatic heterocycles. The van der Waals surface area contributed by atoms with Crippen LogP contribution in [0.1, 0.15) is 39.5 Å². The lowest BCUT2D eigenvalue weighted by Crippen LogP contribution is -2.33. The minimum Gasteiger partial charge on any atom is -0.486 e. The Hall–Kier alpha value is -3.43. The minimum absolute atomic E-state index is 0.177. The predicted octanol–water partition coefficient (Wildman–Crippen LogP) is 3.55. The maximum atomic E-state index is 10.6. The van der Waals surface area contributed by atoms with Gasteiger partial charge in [-0.3, -0.25) is 4.79 Å².